The van der Waals surface area contributed by atoms with E-state index in [9.17, 15) is 14.4 Å². The second kappa shape index (κ2) is 8.13. The van der Waals surface area contributed by atoms with Crippen LogP contribution in [0.25, 0.3) is 21.3 Å². The van der Waals surface area contributed by atoms with Gasteiger partial charge in [-0.3, -0.25) is 25.2 Å². The number of hydrogen-bond donors (Lipinski definition) is 3. The largest absolute Gasteiger partial charge is 0.497 e. The molecule has 0 atom stereocenters. The van der Waals surface area contributed by atoms with Gasteiger partial charge >= 0.3 is 0 Å². The summed E-state index contributed by atoms with van der Waals surface area (Å²) in [7, 11) is 1.58. The van der Waals surface area contributed by atoms with Gasteiger partial charge in [0.1, 0.15) is 16.5 Å². The Bertz CT molecular complexity index is 1300. The molecule has 9 nitrogen and oxygen atoms in total. The van der Waals surface area contributed by atoms with Crippen LogP contribution in [0.4, 0.5) is 0 Å². The Kier molecular flexibility index (Phi) is 5.22. The molecule has 0 aliphatic carbocycles. The van der Waals surface area contributed by atoms with Crippen molar-refractivity contribution in [1.82, 2.24) is 26.0 Å². The fourth-order valence-corrected chi connectivity index (χ4v) is 3.58. The number of ether oxygens (including phenoxy) is 1. The molecule has 4 aromatic rings. The van der Waals surface area contributed by atoms with Crippen molar-refractivity contribution in [1.29, 1.82) is 0 Å². The van der Waals surface area contributed by atoms with Crippen LogP contribution in [-0.4, -0.2) is 34.1 Å². The Morgan fingerprint density at radius 2 is 1.70 bits per heavy atom. The van der Waals surface area contributed by atoms with E-state index in [1.165, 1.54) is 11.3 Å². The highest BCUT2D eigenvalue weighted by molar-refractivity contribution is 7.13. The van der Waals surface area contributed by atoms with Gasteiger partial charge in [0.15, 0.2) is 5.69 Å². The first kappa shape index (κ1) is 19.3. The molecule has 0 spiro atoms. The Labute approximate surface area is 173 Å². The first-order chi connectivity index (χ1) is 14.6. The molecule has 2 aromatic heterocycles. The summed E-state index contributed by atoms with van der Waals surface area (Å²) in [6.07, 6.45) is 0. The molecule has 0 aliphatic rings. The molecule has 2 amide bonds. The average Bonchev–Trinajstić information content (AvgIpc) is 3.28. The van der Waals surface area contributed by atoms with Gasteiger partial charge in [-0.15, -0.1) is 11.3 Å². The van der Waals surface area contributed by atoms with E-state index in [1.54, 1.807) is 48.9 Å². The van der Waals surface area contributed by atoms with Crippen LogP contribution in [0.1, 0.15) is 21.0 Å². The predicted octanol–water partition coefficient (Wildman–Crippen LogP) is 2.13. The van der Waals surface area contributed by atoms with Crippen LogP contribution in [0.5, 0.6) is 5.75 Å². The van der Waals surface area contributed by atoms with E-state index in [4.69, 9.17) is 4.74 Å². The second-order valence-electron chi connectivity index (χ2n) is 6.12. The maximum absolute atomic E-state index is 12.5. The van der Waals surface area contributed by atoms with Crippen LogP contribution in [0.2, 0.25) is 0 Å². The first-order valence-corrected chi connectivity index (χ1v) is 9.63. The molecule has 0 saturated heterocycles. The number of fused-ring (bicyclic) bond motifs is 1. The van der Waals surface area contributed by atoms with Gasteiger partial charge in [0.05, 0.1) is 12.5 Å². The zero-order chi connectivity index (χ0) is 21.1. The SMILES string of the molecule is COc1ccc(-c2nc(C(=O)NNC(=O)c3n[nH]c(=O)c4ccccc34)cs2)cc1. The predicted molar refractivity (Wildman–Crippen MR) is 111 cm³/mol. The quantitative estimate of drug-likeness (QED) is 0.434. The lowest BCUT2D eigenvalue weighted by molar-refractivity contribution is 0.0842. The molecule has 30 heavy (non-hydrogen) atoms. The third kappa shape index (κ3) is 3.76. The summed E-state index contributed by atoms with van der Waals surface area (Å²) in [6, 6.07) is 13.9. The molecule has 150 valence electrons. The van der Waals surface area contributed by atoms with E-state index < -0.39 is 17.4 Å². The third-order valence-corrected chi connectivity index (χ3v) is 5.17. The van der Waals surface area contributed by atoms with Gasteiger partial charge in [-0.1, -0.05) is 18.2 Å². The van der Waals surface area contributed by atoms with Crippen molar-refractivity contribution in [3.8, 4) is 16.3 Å². The van der Waals surface area contributed by atoms with E-state index in [1.807, 2.05) is 12.1 Å². The molecular formula is C20H15N5O4S. The van der Waals surface area contributed by atoms with Crippen molar-refractivity contribution in [3.63, 3.8) is 0 Å². The summed E-state index contributed by atoms with van der Waals surface area (Å²) in [6.45, 7) is 0. The standard InChI is InChI=1S/C20H15N5O4S/c1-29-12-8-6-11(7-9-12)20-21-15(10-30-20)18(27)24-25-19(28)16-13-4-2-3-5-14(13)17(26)23-22-16/h2-10H,1H3,(H,23,26)(H,24,27)(H,25,28). The van der Waals surface area contributed by atoms with E-state index in [0.717, 1.165) is 11.3 Å². The van der Waals surface area contributed by atoms with Gasteiger partial charge in [-0.2, -0.15) is 5.10 Å². The topological polar surface area (TPSA) is 126 Å². The highest BCUT2D eigenvalue weighted by Crippen LogP contribution is 2.25. The number of aromatic amines is 1. The summed E-state index contributed by atoms with van der Waals surface area (Å²) < 4.78 is 5.13. The number of carbonyl (C=O) groups excluding carboxylic acids is 2. The summed E-state index contributed by atoms with van der Waals surface area (Å²) in [4.78, 5) is 40.9. The molecule has 0 bridgehead atoms. The van der Waals surface area contributed by atoms with E-state index in [-0.39, 0.29) is 11.4 Å². The number of hydrogen-bond acceptors (Lipinski definition) is 7. The summed E-state index contributed by atoms with van der Waals surface area (Å²) >= 11 is 1.30. The molecular weight excluding hydrogens is 406 g/mol. The Hall–Kier alpha value is -4.05. The van der Waals surface area contributed by atoms with Gasteiger partial charge in [-0.05, 0) is 30.3 Å². The summed E-state index contributed by atoms with van der Waals surface area (Å²) in [5, 5.41) is 9.02. The number of thiazole rings is 1. The van der Waals surface area contributed by atoms with E-state index >= 15 is 0 Å². The number of benzene rings is 2. The van der Waals surface area contributed by atoms with E-state index in [2.05, 4.69) is 26.0 Å². The fourth-order valence-electron chi connectivity index (χ4n) is 2.77. The minimum Gasteiger partial charge on any atom is -0.497 e. The van der Waals surface area contributed by atoms with Crippen molar-refractivity contribution < 1.29 is 14.3 Å². The van der Waals surface area contributed by atoms with Gasteiger partial charge in [0.2, 0.25) is 0 Å². The minimum absolute atomic E-state index is 0.0114. The maximum atomic E-state index is 12.5. The van der Waals surface area contributed by atoms with Crippen molar-refractivity contribution in [2.75, 3.05) is 7.11 Å². The molecule has 4 rings (SSSR count). The lowest BCUT2D eigenvalue weighted by Crippen LogP contribution is -2.42. The lowest BCUT2D eigenvalue weighted by atomic mass is 10.1. The number of amides is 2. The Balaban J connectivity index is 1.46. The van der Waals surface area contributed by atoms with Crippen LogP contribution < -0.4 is 21.1 Å². The number of methoxy groups -OCH3 is 1. The van der Waals surface area contributed by atoms with Crippen LogP contribution in [0, 0.1) is 0 Å². The van der Waals surface area contributed by atoms with Gasteiger partial charge < -0.3 is 4.74 Å². The van der Waals surface area contributed by atoms with Crippen molar-refractivity contribution in [2.24, 2.45) is 0 Å². The van der Waals surface area contributed by atoms with Crippen LogP contribution >= 0.6 is 11.3 Å². The van der Waals surface area contributed by atoms with Crippen LogP contribution in [0.15, 0.2) is 58.7 Å². The highest BCUT2D eigenvalue weighted by Gasteiger charge is 2.17. The van der Waals surface area contributed by atoms with Crippen LogP contribution in [0.3, 0.4) is 0 Å². The third-order valence-electron chi connectivity index (χ3n) is 4.27. The molecule has 0 aliphatic heterocycles. The highest BCUT2D eigenvalue weighted by atomic mass is 32.1. The molecule has 2 heterocycles. The molecule has 0 radical (unpaired) electrons. The fraction of sp³-hybridized carbons (Fsp3) is 0.0500. The van der Waals surface area contributed by atoms with Crippen LogP contribution in [-0.2, 0) is 0 Å². The van der Waals surface area contributed by atoms with Gasteiger partial charge in [0.25, 0.3) is 17.4 Å². The second-order valence-corrected chi connectivity index (χ2v) is 6.98. The van der Waals surface area contributed by atoms with E-state index in [0.29, 0.717) is 15.8 Å². The molecule has 0 fully saturated rings. The number of rotatable bonds is 4. The Morgan fingerprint density at radius 3 is 2.43 bits per heavy atom. The minimum atomic E-state index is -0.665. The number of H-pyrrole nitrogens is 1. The number of nitrogens with zero attached hydrogens (tertiary/aromatic N) is 2. The van der Waals surface area contributed by atoms with Crippen molar-refractivity contribution in [3.05, 3.63) is 75.7 Å². The zero-order valence-electron chi connectivity index (χ0n) is 15.6. The molecule has 10 heteroatoms. The molecule has 0 saturated carbocycles. The number of hydrazine groups is 1. The smallest absolute Gasteiger partial charge is 0.290 e. The van der Waals surface area contributed by atoms with Gasteiger partial charge in [0, 0.05) is 16.3 Å². The lowest BCUT2D eigenvalue weighted by Gasteiger charge is -2.07. The van der Waals surface area contributed by atoms with Crippen molar-refractivity contribution >= 4 is 33.9 Å². The first-order valence-electron chi connectivity index (χ1n) is 8.75. The normalized spacial score (nSPS) is 10.6. The molecule has 2 aromatic carbocycles. The summed E-state index contributed by atoms with van der Waals surface area (Å²) in [5.41, 5.74) is 5.20. The number of carbonyl (C=O) groups is 2. The number of nitrogens with one attached hydrogen (secondary N) is 3. The number of aromatic nitrogens is 3. The summed E-state index contributed by atoms with van der Waals surface area (Å²) in [5.74, 6) is -0.520. The molecule has 0 unspecified atom stereocenters. The monoisotopic (exact) mass is 421 g/mol. The zero-order valence-corrected chi connectivity index (χ0v) is 16.4. The maximum Gasteiger partial charge on any atom is 0.290 e. The average molecular weight is 421 g/mol. The molecule has 3 N–H and O–H groups in total. The van der Waals surface area contributed by atoms with Crippen molar-refractivity contribution in [2.45, 2.75) is 0 Å². The van der Waals surface area contributed by atoms with Gasteiger partial charge in [-0.25, -0.2) is 10.1 Å². The Morgan fingerprint density at radius 1 is 1.00 bits per heavy atom.